The van der Waals surface area contributed by atoms with E-state index in [2.05, 4.69) is 15.6 Å². The zero-order valence-corrected chi connectivity index (χ0v) is 12.4. The number of anilines is 2. The summed E-state index contributed by atoms with van der Waals surface area (Å²) in [5.41, 5.74) is 0.416. The first-order valence-corrected chi connectivity index (χ1v) is 6.71. The van der Waals surface area contributed by atoms with Gasteiger partial charge in [-0.1, -0.05) is 41.7 Å². The Labute approximate surface area is 126 Å². The quantitative estimate of drug-likeness (QED) is 0.727. The van der Waals surface area contributed by atoms with Crippen LogP contribution in [0.5, 0.6) is 0 Å². The lowest BCUT2D eigenvalue weighted by Crippen LogP contribution is -2.27. The van der Waals surface area contributed by atoms with E-state index in [1.165, 1.54) is 6.20 Å². The molecular formula is C11H14Cl3N3O2. The molecule has 0 aliphatic rings. The van der Waals surface area contributed by atoms with Gasteiger partial charge in [0.2, 0.25) is 0 Å². The van der Waals surface area contributed by atoms with Crippen LogP contribution < -0.4 is 10.6 Å². The van der Waals surface area contributed by atoms with E-state index in [4.69, 9.17) is 39.9 Å². The summed E-state index contributed by atoms with van der Waals surface area (Å²) in [6.07, 6.45) is 2.20. The lowest BCUT2D eigenvalue weighted by atomic mass is 10.2. The van der Waals surface area contributed by atoms with E-state index in [0.29, 0.717) is 11.5 Å². The summed E-state index contributed by atoms with van der Waals surface area (Å²) in [5, 5.41) is 14.5. The van der Waals surface area contributed by atoms with Gasteiger partial charge in [0.25, 0.3) is 9.70 Å². The van der Waals surface area contributed by atoms with Gasteiger partial charge in [-0.3, -0.25) is 4.79 Å². The molecule has 19 heavy (non-hydrogen) atoms. The standard InChI is InChI=1S/C11H14Cl3N3O2/c1-2-7(6-18)16-9-4-3-8(5-15-9)17-10(19)11(12,13)14/h3-5,7,18H,2,6H2,1H3,(H,15,16)(H,17,19). The molecule has 0 saturated carbocycles. The third kappa shape index (κ3) is 5.40. The van der Waals surface area contributed by atoms with Crippen LogP contribution in [-0.4, -0.2) is 32.4 Å². The number of rotatable bonds is 5. The van der Waals surface area contributed by atoms with Gasteiger partial charge in [-0.15, -0.1) is 0 Å². The molecule has 3 N–H and O–H groups in total. The van der Waals surface area contributed by atoms with E-state index in [9.17, 15) is 4.79 Å². The number of halogens is 3. The smallest absolute Gasteiger partial charge is 0.276 e. The molecule has 1 atom stereocenters. The largest absolute Gasteiger partial charge is 0.394 e. The second-order valence-electron chi connectivity index (χ2n) is 3.82. The molecule has 1 aromatic rings. The summed E-state index contributed by atoms with van der Waals surface area (Å²) >= 11 is 16.3. The number of alkyl halides is 3. The average Bonchev–Trinajstić information content (AvgIpc) is 2.36. The van der Waals surface area contributed by atoms with Crippen LogP contribution in [0.2, 0.25) is 0 Å². The predicted octanol–water partition coefficient (Wildman–Crippen LogP) is 2.57. The summed E-state index contributed by atoms with van der Waals surface area (Å²) in [6, 6.07) is 3.22. The Bertz CT molecular complexity index is 416. The number of pyridine rings is 1. The van der Waals surface area contributed by atoms with E-state index >= 15 is 0 Å². The topological polar surface area (TPSA) is 74.2 Å². The van der Waals surface area contributed by atoms with Crippen LogP contribution in [0.15, 0.2) is 18.3 Å². The van der Waals surface area contributed by atoms with Crippen LogP contribution in [0.3, 0.4) is 0 Å². The van der Waals surface area contributed by atoms with Crippen molar-refractivity contribution in [2.45, 2.75) is 23.2 Å². The van der Waals surface area contributed by atoms with Crippen molar-refractivity contribution in [2.24, 2.45) is 0 Å². The number of hydrogen-bond donors (Lipinski definition) is 3. The highest BCUT2D eigenvalue weighted by Crippen LogP contribution is 2.27. The Balaban J connectivity index is 2.64. The number of carbonyl (C=O) groups is 1. The van der Waals surface area contributed by atoms with Crippen LogP contribution in [0.25, 0.3) is 0 Å². The zero-order valence-electron chi connectivity index (χ0n) is 10.2. The Morgan fingerprint density at radius 1 is 1.47 bits per heavy atom. The normalized spacial score (nSPS) is 12.9. The second-order valence-corrected chi connectivity index (χ2v) is 6.10. The Kier molecular flexibility index (Phi) is 6.13. The first kappa shape index (κ1) is 16.3. The van der Waals surface area contributed by atoms with Crippen LogP contribution in [-0.2, 0) is 4.79 Å². The molecule has 0 radical (unpaired) electrons. The monoisotopic (exact) mass is 325 g/mol. The highest BCUT2D eigenvalue weighted by Gasteiger charge is 2.30. The molecular weight excluding hydrogens is 312 g/mol. The molecule has 5 nitrogen and oxygen atoms in total. The lowest BCUT2D eigenvalue weighted by Gasteiger charge is -2.15. The molecule has 1 heterocycles. The maximum Gasteiger partial charge on any atom is 0.276 e. The molecule has 8 heteroatoms. The third-order valence-electron chi connectivity index (χ3n) is 2.34. The van der Waals surface area contributed by atoms with Crippen molar-refractivity contribution in [3.05, 3.63) is 18.3 Å². The molecule has 0 aliphatic carbocycles. The number of amides is 1. The molecule has 0 aromatic carbocycles. The van der Waals surface area contributed by atoms with Gasteiger partial charge in [0.1, 0.15) is 5.82 Å². The average molecular weight is 327 g/mol. The fourth-order valence-electron chi connectivity index (χ4n) is 1.24. The summed E-state index contributed by atoms with van der Waals surface area (Å²) in [5.74, 6) is -0.158. The fraction of sp³-hybridized carbons (Fsp3) is 0.455. The van der Waals surface area contributed by atoms with Crippen molar-refractivity contribution in [1.82, 2.24) is 4.98 Å². The second kappa shape index (κ2) is 7.14. The molecule has 0 saturated heterocycles. The van der Waals surface area contributed by atoms with Crippen molar-refractivity contribution in [2.75, 3.05) is 17.2 Å². The van der Waals surface area contributed by atoms with Gasteiger partial charge >= 0.3 is 0 Å². The van der Waals surface area contributed by atoms with E-state index in [0.717, 1.165) is 6.42 Å². The predicted molar refractivity (Wildman–Crippen MR) is 77.9 cm³/mol. The minimum absolute atomic E-state index is 0.0178. The number of carbonyl (C=O) groups excluding carboxylic acids is 1. The number of aliphatic hydroxyl groups excluding tert-OH is 1. The van der Waals surface area contributed by atoms with E-state index < -0.39 is 9.70 Å². The van der Waals surface area contributed by atoms with Crippen molar-refractivity contribution < 1.29 is 9.90 Å². The molecule has 0 bridgehead atoms. The number of nitrogens with zero attached hydrogens (tertiary/aromatic N) is 1. The van der Waals surface area contributed by atoms with Gasteiger partial charge in [0, 0.05) is 0 Å². The van der Waals surface area contributed by atoms with E-state index in [-0.39, 0.29) is 12.6 Å². The maximum atomic E-state index is 11.4. The van der Waals surface area contributed by atoms with Crippen LogP contribution in [0.4, 0.5) is 11.5 Å². The van der Waals surface area contributed by atoms with Crippen molar-refractivity contribution >= 4 is 52.2 Å². The number of nitrogens with one attached hydrogen (secondary N) is 2. The van der Waals surface area contributed by atoms with Crippen LogP contribution >= 0.6 is 34.8 Å². The molecule has 1 rings (SSSR count). The zero-order chi connectivity index (χ0) is 14.5. The summed E-state index contributed by atoms with van der Waals surface area (Å²) in [6.45, 7) is 1.97. The first-order valence-electron chi connectivity index (χ1n) is 5.58. The van der Waals surface area contributed by atoms with Crippen LogP contribution in [0, 0.1) is 0 Å². The number of hydrogen-bond acceptors (Lipinski definition) is 4. The highest BCUT2D eigenvalue weighted by molar-refractivity contribution is 6.76. The Hall–Kier alpha value is -0.750. The number of aromatic nitrogens is 1. The van der Waals surface area contributed by atoms with Gasteiger partial charge in [-0.05, 0) is 18.6 Å². The molecule has 0 fully saturated rings. The number of aliphatic hydroxyl groups is 1. The van der Waals surface area contributed by atoms with Crippen molar-refractivity contribution in [3.8, 4) is 0 Å². The lowest BCUT2D eigenvalue weighted by molar-refractivity contribution is -0.115. The molecule has 106 valence electrons. The van der Waals surface area contributed by atoms with E-state index in [1.54, 1.807) is 12.1 Å². The molecule has 0 spiro atoms. The molecule has 1 amide bonds. The summed E-state index contributed by atoms with van der Waals surface area (Å²) in [4.78, 5) is 15.5. The fourth-order valence-corrected chi connectivity index (χ4v) is 1.38. The minimum Gasteiger partial charge on any atom is -0.394 e. The SMILES string of the molecule is CCC(CO)Nc1ccc(NC(=O)C(Cl)(Cl)Cl)cn1. The minimum atomic E-state index is -2.01. The van der Waals surface area contributed by atoms with Gasteiger partial charge in [0.05, 0.1) is 24.5 Å². The van der Waals surface area contributed by atoms with Gasteiger partial charge in [-0.25, -0.2) is 4.98 Å². The van der Waals surface area contributed by atoms with Gasteiger partial charge in [-0.2, -0.15) is 0 Å². The highest BCUT2D eigenvalue weighted by atomic mass is 35.6. The Morgan fingerprint density at radius 3 is 2.58 bits per heavy atom. The first-order chi connectivity index (χ1) is 8.86. The van der Waals surface area contributed by atoms with Crippen LogP contribution in [0.1, 0.15) is 13.3 Å². The van der Waals surface area contributed by atoms with E-state index in [1.807, 2.05) is 6.92 Å². The third-order valence-corrected chi connectivity index (χ3v) is 2.86. The summed E-state index contributed by atoms with van der Waals surface area (Å²) < 4.78 is -2.01. The van der Waals surface area contributed by atoms with Gasteiger partial charge in [0.15, 0.2) is 0 Å². The van der Waals surface area contributed by atoms with Gasteiger partial charge < -0.3 is 15.7 Å². The maximum absolute atomic E-state index is 11.4. The Morgan fingerprint density at radius 2 is 2.16 bits per heavy atom. The van der Waals surface area contributed by atoms with Crippen molar-refractivity contribution in [1.29, 1.82) is 0 Å². The van der Waals surface area contributed by atoms with Crippen molar-refractivity contribution in [3.63, 3.8) is 0 Å². The molecule has 0 aliphatic heterocycles. The summed E-state index contributed by atoms with van der Waals surface area (Å²) in [7, 11) is 0. The molecule has 1 aromatic heterocycles. The molecule has 1 unspecified atom stereocenters.